The number of thiophene rings is 1. The highest BCUT2D eigenvalue weighted by Gasteiger charge is 2.25. The smallest absolute Gasteiger partial charge is 0.273 e. The highest BCUT2D eigenvalue weighted by atomic mass is 32.1. The number of ether oxygens (including phenoxy) is 1. The molecule has 0 aliphatic rings. The van der Waals surface area contributed by atoms with Gasteiger partial charge in [-0.1, -0.05) is 36.4 Å². The number of nitrogens with one attached hydrogen (secondary N) is 1. The van der Waals surface area contributed by atoms with Crippen LogP contribution in [0.5, 0.6) is 11.6 Å². The summed E-state index contributed by atoms with van der Waals surface area (Å²) in [6.07, 6.45) is -2.79. The van der Waals surface area contributed by atoms with Crippen molar-refractivity contribution in [2.24, 2.45) is 0 Å². The van der Waals surface area contributed by atoms with Gasteiger partial charge in [0.05, 0.1) is 22.7 Å². The molecule has 0 fully saturated rings. The normalized spacial score (nSPS) is 11.1. The number of hydrogen-bond acceptors (Lipinski definition) is 5. The van der Waals surface area contributed by atoms with E-state index in [1.54, 1.807) is 30.3 Å². The zero-order valence-electron chi connectivity index (χ0n) is 16.2. The molecule has 4 rings (SSSR count). The Morgan fingerprint density at radius 3 is 2.65 bits per heavy atom. The Balaban J connectivity index is 1.60. The summed E-state index contributed by atoms with van der Waals surface area (Å²) < 4.78 is 33.7. The molecule has 158 valence electrons. The van der Waals surface area contributed by atoms with Crippen molar-refractivity contribution in [1.82, 2.24) is 10.3 Å². The Morgan fingerprint density at radius 1 is 1.10 bits per heavy atom. The molecule has 2 N–H and O–H groups in total. The Kier molecular flexibility index (Phi) is 6.08. The zero-order chi connectivity index (χ0) is 21.8. The number of aromatic nitrogens is 1. The van der Waals surface area contributed by atoms with Crippen LogP contribution in [0, 0.1) is 0 Å². The number of fused-ring (bicyclic) bond motifs is 1. The average Bonchev–Trinajstić information content (AvgIpc) is 3.16. The SMILES string of the molecule is O=C(NCc1cccc(O)n1)c1c(C(F)F)sc2ccc(OCc3ccccc3)cc12. The molecule has 0 unspecified atom stereocenters. The monoisotopic (exact) mass is 440 g/mol. The van der Waals surface area contributed by atoms with Crippen LogP contribution < -0.4 is 10.1 Å². The van der Waals surface area contributed by atoms with Crippen molar-refractivity contribution in [3.05, 3.63) is 88.4 Å². The molecule has 2 heterocycles. The summed E-state index contributed by atoms with van der Waals surface area (Å²) in [5, 5.41) is 12.5. The van der Waals surface area contributed by atoms with E-state index in [-0.39, 0.29) is 22.9 Å². The minimum Gasteiger partial charge on any atom is -0.493 e. The van der Waals surface area contributed by atoms with Crippen molar-refractivity contribution in [1.29, 1.82) is 0 Å². The molecule has 1 amide bonds. The Bertz CT molecular complexity index is 1210. The first-order valence-corrected chi connectivity index (χ1v) is 10.3. The van der Waals surface area contributed by atoms with Crippen molar-refractivity contribution < 1.29 is 23.4 Å². The number of halogens is 2. The van der Waals surface area contributed by atoms with Gasteiger partial charge in [-0.3, -0.25) is 4.79 Å². The van der Waals surface area contributed by atoms with Gasteiger partial charge in [0.2, 0.25) is 5.88 Å². The molecule has 5 nitrogen and oxygen atoms in total. The van der Waals surface area contributed by atoms with Gasteiger partial charge in [-0.15, -0.1) is 11.3 Å². The molecule has 8 heteroatoms. The first-order valence-electron chi connectivity index (χ1n) is 9.45. The Hall–Kier alpha value is -3.52. The number of aromatic hydroxyl groups is 1. The number of hydrogen-bond donors (Lipinski definition) is 2. The lowest BCUT2D eigenvalue weighted by molar-refractivity contribution is 0.0941. The van der Waals surface area contributed by atoms with Crippen LogP contribution >= 0.6 is 11.3 Å². The molecular formula is C23H18F2N2O3S. The summed E-state index contributed by atoms with van der Waals surface area (Å²) in [7, 11) is 0. The minimum atomic E-state index is -2.79. The Morgan fingerprint density at radius 2 is 1.90 bits per heavy atom. The van der Waals surface area contributed by atoms with E-state index in [1.807, 2.05) is 30.3 Å². The summed E-state index contributed by atoms with van der Waals surface area (Å²) >= 11 is 0.886. The van der Waals surface area contributed by atoms with Crippen molar-refractivity contribution in [3.63, 3.8) is 0 Å². The van der Waals surface area contributed by atoms with Crippen molar-refractivity contribution in [2.45, 2.75) is 19.6 Å². The molecule has 0 radical (unpaired) electrons. The number of pyridine rings is 1. The molecule has 0 saturated heterocycles. The van der Waals surface area contributed by atoms with Crippen LogP contribution in [0.15, 0.2) is 66.7 Å². The Labute approximate surface area is 180 Å². The highest BCUT2D eigenvalue weighted by molar-refractivity contribution is 7.19. The third kappa shape index (κ3) is 4.80. The summed E-state index contributed by atoms with van der Waals surface area (Å²) in [5.74, 6) is -0.327. The summed E-state index contributed by atoms with van der Waals surface area (Å²) in [5.41, 5.74) is 1.32. The lowest BCUT2D eigenvalue weighted by atomic mass is 10.1. The number of nitrogens with zero attached hydrogens (tertiary/aromatic N) is 1. The van der Waals surface area contributed by atoms with Crippen molar-refractivity contribution in [3.8, 4) is 11.6 Å². The molecule has 0 bridgehead atoms. The lowest BCUT2D eigenvalue weighted by Gasteiger charge is -2.09. The second-order valence-corrected chi connectivity index (χ2v) is 7.83. The van der Waals surface area contributed by atoms with E-state index in [9.17, 15) is 18.7 Å². The number of carbonyl (C=O) groups is 1. The molecule has 0 aliphatic heterocycles. The molecule has 2 aromatic heterocycles. The number of rotatable bonds is 7. The van der Waals surface area contributed by atoms with E-state index in [0.29, 0.717) is 28.1 Å². The van der Waals surface area contributed by atoms with E-state index < -0.39 is 12.3 Å². The molecule has 0 atom stereocenters. The van der Waals surface area contributed by atoms with Crippen LogP contribution in [0.4, 0.5) is 8.78 Å². The number of alkyl halides is 2. The molecule has 0 aliphatic carbocycles. The fourth-order valence-corrected chi connectivity index (χ4v) is 4.18. The van der Waals surface area contributed by atoms with Crippen LogP contribution in [-0.4, -0.2) is 16.0 Å². The largest absolute Gasteiger partial charge is 0.493 e. The van der Waals surface area contributed by atoms with Crippen molar-refractivity contribution in [2.75, 3.05) is 0 Å². The first-order chi connectivity index (χ1) is 15.0. The van der Waals surface area contributed by atoms with E-state index in [1.165, 1.54) is 6.07 Å². The number of amides is 1. The van der Waals surface area contributed by atoms with Gasteiger partial charge in [0.1, 0.15) is 12.4 Å². The van der Waals surface area contributed by atoms with Crippen LogP contribution in [0.25, 0.3) is 10.1 Å². The topological polar surface area (TPSA) is 71.5 Å². The third-order valence-corrected chi connectivity index (χ3v) is 5.76. The third-order valence-electron chi connectivity index (χ3n) is 4.58. The van der Waals surface area contributed by atoms with E-state index in [4.69, 9.17) is 4.74 Å². The highest BCUT2D eigenvalue weighted by Crippen LogP contribution is 2.39. The zero-order valence-corrected chi connectivity index (χ0v) is 17.0. The second kappa shape index (κ2) is 9.09. The standard InChI is InChI=1S/C23H18F2N2O3S/c24-22(25)21-20(23(29)26-12-15-7-4-8-19(28)27-15)17-11-16(9-10-18(17)31-21)30-13-14-5-2-1-3-6-14/h1-11,22H,12-13H2,(H,26,29)(H,27,28). The first kappa shape index (κ1) is 20.7. The maximum atomic E-state index is 13.7. The fraction of sp³-hybridized carbons (Fsp3) is 0.130. The molecular weight excluding hydrogens is 422 g/mol. The van der Waals surface area contributed by atoms with E-state index in [2.05, 4.69) is 10.3 Å². The minimum absolute atomic E-state index is 0.00253. The summed E-state index contributed by atoms with van der Waals surface area (Å²) in [6.45, 7) is 0.320. The van der Waals surface area contributed by atoms with Gasteiger partial charge in [0.15, 0.2) is 0 Å². The van der Waals surface area contributed by atoms with E-state index in [0.717, 1.165) is 16.9 Å². The molecule has 4 aromatic rings. The van der Waals surface area contributed by atoms with Gasteiger partial charge < -0.3 is 15.2 Å². The predicted molar refractivity (Wildman–Crippen MR) is 115 cm³/mol. The van der Waals surface area contributed by atoms with Crippen LogP contribution in [-0.2, 0) is 13.2 Å². The summed E-state index contributed by atoms with van der Waals surface area (Å²) in [4.78, 5) is 16.4. The average molecular weight is 440 g/mol. The predicted octanol–water partition coefficient (Wildman–Crippen LogP) is 5.45. The molecule has 31 heavy (non-hydrogen) atoms. The maximum Gasteiger partial charge on any atom is 0.273 e. The molecule has 0 saturated carbocycles. The maximum absolute atomic E-state index is 13.7. The fourth-order valence-electron chi connectivity index (χ4n) is 3.14. The lowest BCUT2D eigenvalue weighted by Crippen LogP contribution is -2.24. The summed E-state index contributed by atoms with van der Waals surface area (Å²) in [6, 6.07) is 19.2. The number of benzene rings is 2. The van der Waals surface area contributed by atoms with Gasteiger partial charge in [-0.25, -0.2) is 13.8 Å². The van der Waals surface area contributed by atoms with Gasteiger partial charge in [0.25, 0.3) is 12.3 Å². The van der Waals surface area contributed by atoms with Crippen LogP contribution in [0.2, 0.25) is 0 Å². The van der Waals surface area contributed by atoms with Gasteiger partial charge in [0, 0.05) is 16.2 Å². The van der Waals surface area contributed by atoms with Crippen molar-refractivity contribution >= 4 is 27.3 Å². The van der Waals surface area contributed by atoms with Crippen LogP contribution in [0.1, 0.15) is 32.9 Å². The molecule has 2 aromatic carbocycles. The van der Waals surface area contributed by atoms with E-state index >= 15 is 0 Å². The van der Waals surface area contributed by atoms with Gasteiger partial charge >= 0.3 is 0 Å². The van der Waals surface area contributed by atoms with Gasteiger partial charge in [-0.2, -0.15) is 0 Å². The second-order valence-electron chi connectivity index (χ2n) is 6.74. The molecule has 0 spiro atoms. The quantitative estimate of drug-likeness (QED) is 0.401. The number of carbonyl (C=O) groups excluding carboxylic acids is 1. The van der Waals surface area contributed by atoms with Gasteiger partial charge in [-0.05, 0) is 29.8 Å². The van der Waals surface area contributed by atoms with Crippen LogP contribution in [0.3, 0.4) is 0 Å².